The van der Waals surface area contributed by atoms with E-state index in [1.165, 1.54) is 14.2 Å². The van der Waals surface area contributed by atoms with Crippen LogP contribution in [0.1, 0.15) is 29.9 Å². The van der Waals surface area contributed by atoms with Crippen molar-refractivity contribution in [1.82, 2.24) is 15.0 Å². The Balaban J connectivity index is 2.42. The molecule has 2 heterocycles. The minimum Gasteiger partial charge on any atom is -0.555 e. The van der Waals surface area contributed by atoms with Crippen LogP contribution in [0.5, 0.6) is 11.6 Å². The molecule has 0 saturated carbocycles. The first-order chi connectivity index (χ1) is 11.1. The van der Waals surface area contributed by atoms with Gasteiger partial charge in [0.05, 0.1) is 30.0 Å². The third-order valence-corrected chi connectivity index (χ3v) is 3.07. The number of esters is 1. The molecule has 0 bridgehead atoms. The second-order valence-electron chi connectivity index (χ2n) is 4.57. The molecule has 7 nitrogen and oxygen atoms in total. The quantitative estimate of drug-likeness (QED) is 0.587. The molecule has 0 spiro atoms. The summed E-state index contributed by atoms with van der Waals surface area (Å²) in [7, 11) is 1.53. The molecule has 2 aromatic rings. The summed E-state index contributed by atoms with van der Waals surface area (Å²) in [6, 6.07) is 1.68. The van der Waals surface area contributed by atoms with Gasteiger partial charge in [-0.1, -0.05) is 0 Å². The first-order valence-corrected chi connectivity index (χ1v) is 7.28. The fraction of sp³-hybridized carbons (Fsp3) is 0.333. The maximum Gasteiger partial charge on any atom is 0.341 e. The third-order valence-electron chi connectivity index (χ3n) is 3.07. The van der Waals surface area contributed by atoms with Gasteiger partial charge in [-0.3, -0.25) is 0 Å². The van der Waals surface area contributed by atoms with Crippen molar-refractivity contribution >= 4 is 14.0 Å². The Morgan fingerprint density at radius 1 is 1.22 bits per heavy atom. The van der Waals surface area contributed by atoms with Crippen molar-refractivity contribution in [3.05, 3.63) is 29.7 Å². The Morgan fingerprint density at radius 2 is 2.00 bits per heavy atom. The SMILES string of the molecule is BOc1cc(OCC)c(-c2ncc(C(=O)OCC)c(C)n2)cn1. The van der Waals surface area contributed by atoms with Gasteiger partial charge in [-0.2, -0.15) is 0 Å². The zero-order chi connectivity index (χ0) is 16.8. The van der Waals surface area contributed by atoms with Gasteiger partial charge in [0.15, 0.2) is 11.7 Å². The van der Waals surface area contributed by atoms with Crippen molar-refractivity contribution in [3.63, 3.8) is 0 Å². The number of ether oxygens (including phenoxy) is 2. The van der Waals surface area contributed by atoms with Gasteiger partial charge in [-0.05, 0) is 20.8 Å². The van der Waals surface area contributed by atoms with Gasteiger partial charge in [0.25, 0.3) is 0 Å². The van der Waals surface area contributed by atoms with Gasteiger partial charge in [-0.25, -0.2) is 19.7 Å². The van der Waals surface area contributed by atoms with E-state index < -0.39 is 5.97 Å². The van der Waals surface area contributed by atoms with Crippen molar-refractivity contribution in [2.75, 3.05) is 13.2 Å². The summed E-state index contributed by atoms with van der Waals surface area (Å²) >= 11 is 0. The Morgan fingerprint density at radius 3 is 2.61 bits per heavy atom. The van der Waals surface area contributed by atoms with Gasteiger partial charge >= 0.3 is 14.0 Å². The summed E-state index contributed by atoms with van der Waals surface area (Å²) in [5, 5.41) is 0. The Hall–Kier alpha value is -2.64. The molecule has 0 aliphatic heterocycles. The first kappa shape index (κ1) is 16.7. The topological polar surface area (TPSA) is 83.4 Å². The Labute approximate surface area is 135 Å². The second-order valence-corrected chi connectivity index (χ2v) is 4.57. The number of aryl methyl sites for hydroxylation is 1. The fourth-order valence-electron chi connectivity index (χ4n) is 1.98. The van der Waals surface area contributed by atoms with Gasteiger partial charge in [-0.15, -0.1) is 0 Å². The van der Waals surface area contributed by atoms with E-state index in [-0.39, 0.29) is 0 Å². The fourth-order valence-corrected chi connectivity index (χ4v) is 1.98. The molecule has 120 valence electrons. The molecule has 0 saturated heterocycles. The molecule has 0 aromatic carbocycles. The van der Waals surface area contributed by atoms with Crippen LogP contribution in [0.25, 0.3) is 11.4 Å². The molecule has 0 unspecified atom stereocenters. The van der Waals surface area contributed by atoms with Crippen LogP contribution in [0.4, 0.5) is 0 Å². The summed E-state index contributed by atoms with van der Waals surface area (Å²) in [6.07, 6.45) is 3.04. The number of pyridine rings is 1. The molecule has 0 radical (unpaired) electrons. The van der Waals surface area contributed by atoms with E-state index in [1.807, 2.05) is 6.92 Å². The standard InChI is InChI=1S/C15H18BN3O4/c1-4-21-12-6-13(23-16)17-8-11(12)14-18-7-10(9(3)19-14)15(20)22-5-2/h6-8H,4-5,16H2,1-3H3. The van der Waals surface area contributed by atoms with Gasteiger partial charge < -0.3 is 14.1 Å². The van der Waals surface area contributed by atoms with Crippen LogP contribution in [-0.4, -0.2) is 42.2 Å². The molecular weight excluding hydrogens is 297 g/mol. The van der Waals surface area contributed by atoms with E-state index in [0.717, 1.165) is 0 Å². The molecule has 23 heavy (non-hydrogen) atoms. The maximum absolute atomic E-state index is 11.8. The van der Waals surface area contributed by atoms with Gasteiger partial charge in [0.1, 0.15) is 5.75 Å². The smallest absolute Gasteiger partial charge is 0.341 e. The highest BCUT2D eigenvalue weighted by Gasteiger charge is 2.16. The van der Waals surface area contributed by atoms with Gasteiger partial charge in [0, 0.05) is 18.5 Å². The number of aromatic nitrogens is 3. The average Bonchev–Trinajstić information content (AvgIpc) is 2.55. The lowest BCUT2D eigenvalue weighted by molar-refractivity contribution is 0.0524. The van der Waals surface area contributed by atoms with Crippen LogP contribution in [0.15, 0.2) is 18.5 Å². The number of carbonyl (C=O) groups excluding carboxylic acids is 1. The normalized spacial score (nSPS) is 10.2. The molecule has 2 rings (SSSR count). The van der Waals surface area contributed by atoms with E-state index in [0.29, 0.717) is 47.5 Å². The Bertz CT molecular complexity index is 709. The van der Waals surface area contributed by atoms with Crippen LogP contribution in [0, 0.1) is 6.92 Å². The van der Waals surface area contributed by atoms with Crippen LogP contribution >= 0.6 is 0 Å². The number of rotatable bonds is 6. The molecular formula is C15H18BN3O4. The zero-order valence-corrected chi connectivity index (χ0v) is 13.6. The molecule has 2 aromatic heterocycles. The average molecular weight is 315 g/mol. The minimum absolute atomic E-state index is 0.302. The highest BCUT2D eigenvalue weighted by Crippen LogP contribution is 2.30. The number of hydrogen-bond acceptors (Lipinski definition) is 7. The molecule has 8 heteroatoms. The van der Waals surface area contributed by atoms with Crippen molar-refractivity contribution in [1.29, 1.82) is 0 Å². The summed E-state index contributed by atoms with van der Waals surface area (Å²) < 4.78 is 15.7. The number of carbonyl (C=O) groups is 1. The summed E-state index contributed by atoms with van der Waals surface area (Å²) in [4.78, 5) is 24.6. The summed E-state index contributed by atoms with van der Waals surface area (Å²) in [6.45, 7) is 6.15. The number of nitrogens with zero attached hydrogens (tertiary/aromatic N) is 3. The Kier molecular flexibility index (Phi) is 5.51. The zero-order valence-electron chi connectivity index (χ0n) is 13.6. The molecule has 0 aliphatic rings. The highest BCUT2D eigenvalue weighted by atomic mass is 16.5. The largest absolute Gasteiger partial charge is 0.555 e. The van der Waals surface area contributed by atoms with E-state index in [2.05, 4.69) is 15.0 Å². The monoisotopic (exact) mass is 315 g/mol. The summed E-state index contributed by atoms with van der Waals surface area (Å²) in [5.41, 5.74) is 1.51. The van der Waals surface area contributed by atoms with Crippen LogP contribution in [0.2, 0.25) is 0 Å². The van der Waals surface area contributed by atoms with Crippen molar-refractivity contribution in [3.8, 4) is 23.0 Å². The van der Waals surface area contributed by atoms with Crippen molar-refractivity contribution in [2.24, 2.45) is 0 Å². The van der Waals surface area contributed by atoms with E-state index >= 15 is 0 Å². The first-order valence-electron chi connectivity index (χ1n) is 7.28. The number of hydrogen-bond donors (Lipinski definition) is 0. The molecule has 0 fully saturated rings. The van der Waals surface area contributed by atoms with E-state index in [4.69, 9.17) is 14.1 Å². The highest BCUT2D eigenvalue weighted by molar-refractivity contribution is 5.99. The second kappa shape index (κ2) is 7.57. The molecule has 0 amide bonds. The summed E-state index contributed by atoms with van der Waals surface area (Å²) in [5.74, 6) is 1.00. The van der Waals surface area contributed by atoms with Crippen LogP contribution in [-0.2, 0) is 4.74 Å². The maximum atomic E-state index is 11.8. The van der Waals surface area contributed by atoms with Gasteiger partial charge in [0.2, 0.25) is 0 Å². The molecule has 0 aliphatic carbocycles. The predicted molar refractivity (Wildman–Crippen MR) is 86.3 cm³/mol. The van der Waals surface area contributed by atoms with E-state index in [9.17, 15) is 4.79 Å². The van der Waals surface area contributed by atoms with Crippen molar-refractivity contribution < 1.29 is 18.9 Å². The predicted octanol–water partition coefficient (Wildman–Crippen LogP) is 1.35. The van der Waals surface area contributed by atoms with Crippen LogP contribution in [0.3, 0.4) is 0 Å². The lowest BCUT2D eigenvalue weighted by Crippen LogP contribution is -2.09. The lowest BCUT2D eigenvalue weighted by atomic mass is 10.2. The van der Waals surface area contributed by atoms with Crippen LogP contribution < -0.4 is 9.39 Å². The third kappa shape index (κ3) is 3.77. The molecule has 0 atom stereocenters. The minimum atomic E-state index is -0.436. The van der Waals surface area contributed by atoms with E-state index in [1.54, 1.807) is 26.1 Å². The molecule has 0 N–H and O–H groups in total. The lowest BCUT2D eigenvalue weighted by Gasteiger charge is -2.11. The van der Waals surface area contributed by atoms with Crippen molar-refractivity contribution in [2.45, 2.75) is 20.8 Å².